The van der Waals surface area contributed by atoms with Crippen LogP contribution >= 0.6 is 23.2 Å². The minimum Gasteiger partial charge on any atom is -0.478 e. The number of carbonyl (C=O) groups is 1. The minimum absolute atomic E-state index is 0.313. The number of carboxylic acid groups (broad SMARTS) is 1. The van der Waals surface area contributed by atoms with Crippen LogP contribution in [0, 0.1) is 5.92 Å². The zero-order valence-electron chi connectivity index (χ0n) is 12.4. The molecule has 0 unspecified atom stereocenters. The molecule has 2 aromatic carbocycles. The molecule has 1 saturated carbocycles. The van der Waals surface area contributed by atoms with Crippen LogP contribution in [0.3, 0.4) is 0 Å². The molecule has 0 aromatic heterocycles. The van der Waals surface area contributed by atoms with E-state index in [1.165, 1.54) is 5.56 Å². The molecule has 3 nitrogen and oxygen atoms in total. The van der Waals surface area contributed by atoms with E-state index in [2.05, 4.69) is 5.32 Å². The molecule has 0 radical (unpaired) electrons. The third kappa shape index (κ3) is 4.05. The Kier molecular flexibility index (Phi) is 4.90. The highest BCUT2D eigenvalue weighted by molar-refractivity contribution is 6.35. The number of rotatable bonds is 6. The number of hydrogen-bond acceptors (Lipinski definition) is 2. The van der Waals surface area contributed by atoms with Crippen LogP contribution in [-0.4, -0.2) is 17.6 Å². The minimum atomic E-state index is -0.898. The molecule has 120 valence electrons. The highest BCUT2D eigenvalue weighted by Gasteiger charge is 2.38. The second-order valence-electron chi connectivity index (χ2n) is 5.90. The molecule has 23 heavy (non-hydrogen) atoms. The fourth-order valence-corrected chi connectivity index (χ4v) is 3.37. The van der Waals surface area contributed by atoms with Gasteiger partial charge in [-0.3, -0.25) is 0 Å². The summed E-state index contributed by atoms with van der Waals surface area (Å²) in [6, 6.07) is 12.6. The summed E-state index contributed by atoms with van der Waals surface area (Å²) in [6.45, 7) is 1.65. The van der Waals surface area contributed by atoms with Gasteiger partial charge >= 0.3 is 5.97 Å². The van der Waals surface area contributed by atoms with Gasteiger partial charge in [0.25, 0.3) is 0 Å². The Hall–Kier alpha value is -1.55. The van der Waals surface area contributed by atoms with Crippen molar-refractivity contribution in [3.63, 3.8) is 0 Å². The smallest absolute Gasteiger partial charge is 0.335 e. The summed E-state index contributed by atoms with van der Waals surface area (Å²) in [5.74, 6) is 0.193. The van der Waals surface area contributed by atoms with Gasteiger partial charge in [-0.25, -0.2) is 4.79 Å². The molecule has 1 aliphatic rings. The normalized spacial score (nSPS) is 19.6. The summed E-state index contributed by atoms with van der Waals surface area (Å²) in [5, 5.41) is 13.7. The molecule has 1 fully saturated rings. The maximum atomic E-state index is 10.8. The maximum absolute atomic E-state index is 10.8. The first-order chi connectivity index (χ1) is 11.0. The van der Waals surface area contributed by atoms with Crippen molar-refractivity contribution < 1.29 is 9.90 Å². The van der Waals surface area contributed by atoms with E-state index in [-0.39, 0.29) is 0 Å². The second-order valence-corrected chi connectivity index (χ2v) is 6.74. The van der Waals surface area contributed by atoms with E-state index in [0.717, 1.165) is 30.1 Å². The molecule has 2 atom stereocenters. The van der Waals surface area contributed by atoms with Crippen molar-refractivity contribution in [2.45, 2.75) is 18.9 Å². The lowest BCUT2D eigenvalue weighted by molar-refractivity contribution is 0.0697. The fourth-order valence-electron chi connectivity index (χ4n) is 2.82. The van der Waals surface area contributed by atoms with Crippen LogP contribution in [0.1, 0.15) is 33.8 Å². The van der Waals surface area contributed by atoms with E-state index < -0.39 is 5.97 Å². The summed E-state index contributed by atoms with van der Waals surface area (Å²) in [7, 11) is 0. The average Bonchev–Trinajstić information content (AvgIpc) is 3.27. The molecular formula is C18H17Cl2NO2. The zero-order chi connectivity index (χ0) is 16.4. The Labute approximate surface area is 145 Å². The van der Waals surface area contributed by atoms with E-state index in [4.69, 9.17) is 28.3 Å². The summed E-state index contributed by atoms with van der Waals surface area (Å²) in [4.78, 5) is 10.8. The van der Waals surface area contributed by atoms with Gasteiger partial charge in [-0.1, -0.05) is 41.4 Å². The third-order valence-corrected chi connectivity index (χ3v) is 4.78. The molecule has 1 aliphatic carbocycles. The lowest BCUT2D eigenvalue weighted by Gasteiger charge is -2.07. The summed E-state index contributed by atoms with van der Waals surface area (Å²) in [6.07, 6.45) is 1.13. The van der Waals surface area contributed by atoms with Crippen molar-refractivity contribution >= 4 is 29.2 Å². The van der Waals surface area contributed by atoms with Gasteiger partial charge in [0.1, 0.15) is 0 Å². The van der Waals surface area contributed by atoms with Gasteiger partial charge in [-0.2, -0.15) is 0 Å². The van der Waals surface area contributed by atoms with E-state index >= 15 is 0 Å². The molecule has 2 aromatic rings. The van der Waals surface area contributed by atoms with Crippen LogP contribution in [0.4, 0.5) is 0 Å². The number of hydrogen-bond donors (Lipinski definition) is 2. The number of carboxylic acids is 1. The van der Waals surface area contributed by atoms with Crippen LogP contribution in [0.15, 0.2) is 42.5 Å². The van der Waals surface area contributed by atoms with Crippen molar-refractivity contribution in [3.8, 4) is 0 Å². The predicted octanol–water partition coefficient (Wildman–Crippen LogP) is 4.58. The lowest BCUT2D eigenvalue weighted by atomic mass is 10.1. The largest absolute Gasteiger partial charge is 0.478 e. The summed E-state index contributed by atoms with van der Waals surface area (Å²) in [5.41, 5.74) is 2.57. The Balaban J connectivity index is 1.48. The number of halogens is 2. The van der Waals surface area contributed by atoms with Gasteiger partial charge in [0, 0.05) is 16.6 Å². The number of benzene rings is 2. The molecule has 0 amide bonds. The van der Waals surface area contributed by atoms with E-state index in [1.54, 1.807) is 18.2 Å². The van der Waals surface area contributed by atoms with Crippen LogP contribution in [-0.2, 0) is 6.54 Å². The second kappa shape index (κ2) is 6.91. The van der Waals surface area contributed by atoms with Crippen LogP contribution < -0.4 is 5.32 Å². The van der Waals surface area contributed by atoms with Crippen molar-refractivity contribution in [2.24, 2.45) is 5.92 Å². The van der Waals surface area contributed by atoms with Gasteiger partial charge in [-0.05, 0) is 60.2 Å². The molecule has 3 rings (SSSR count). The standard InChI is InChI=1S/C18H17Cl2NO2/c19-14-5-6-15(17(20)8-14)16-7-13(16)10-21-9-11-1-3-12(4-2-11)18(22)23/h1-6,8,13,16,21H,7,9-10H2,(H,22,23)/t13-,16+/m0/s1. The molecule has 0 saturated heterocycles. The van der Waals surface area contributed by atoms with Crippen molar-refractivity contribution in [3.05, 3.63) is 69.2 Å². The lowest BCUT2D eigenvalue weighted by Crippen LogP contribution is -2.16. The van der Waals surface area contributed by atoms with E-state index in [0.29, 0.717) is 22.4 Å². The molecule has 5 heteroatoms. The fraction of sp³-hybridized carbons (Fsp3) is 0.278. The monoisotopic (exact) mass is 349 g/mol. The first-order valence-electron chi connectivity index (χ1n) is 7.52. The SMILES string of the molecule is O=C(O)c1ccc(CNC[C@@H]2C[C@H]2c2ccc(Cl)cc2Cl)cc1. The predicted molar refractivity (Wildman–Crippen MR) is 92.4 cm³/mol. The average molecular weight is 350 g/mol. The highest BCUT2D eigenvalue weighted by Crippen LogP contribution is 2.49. The summed E-state index contributed by atoms with van der Waals surface area (Å²) >= 11 is 12.2. The van der Waals surface area contributed by atoms with Crippen molar-refractivity contribution in [2.75, 3.05) is 6.54 Å². The summed E-state index contributed by atoms with van der Waals surface area (Å²) < 4.78 is 0. The Bertz CT molecular complexity index is 715. The maximum Gasteiger partial charge on any atom is 0.335 e. The number of aromatic carboxylic acids is 1. The van der Waals surface area contributed by atoms with Gasteiger partial charge < -0.3 is 10.4 Å². The molecule has 0 spiro atoms. The Morgan fingerprint density at radius 2 is 1.91 bits per heavy atom. The highest BCUT2D eigenvalue weighted by atomic mass is 35.5. The van der Waals surface area contributed by atoms with Crippen molar-refractivity contribution in [1.29, 1.82) is 0 Å². The molecule has 0 heterocycles. The first kappa shape index (κ1) is 16.3. The Morgan fingerprint density at radius 3 is 2.57 bits per heavy atom. The first-order valence-corrected chi connectivity index (χ1v) is 8.28. The van der Waals surface area contributed by atoms with Gasteiger partial charge in [-0.15, -0.1) is 0 Å². The quantitative estimate of drug-likeness (QED) is 0.801. The van der Waals surface area contributed by atoms with Gasteiger partial charge in [0.15, 0.2) is 0 Å². The van der Waals surface area contributed by atoms with Crippen LogP contribution in [0.5, 0.6) is 0 Å². The third-order valence-electron chi connectivity index (χ3n) is 4.22. The Morgan fingerprint density at radius 1 is 1.17 bits per heavy atom. The van der Waals surface area contributed by atoms with E-state index in [9.17, 15) is 4.79 Å². The van der Waals surface area contributed by atoms with Crippen LogP contribution in [0.25, 0.3) is 0 Å². The molecule has 2 N–H and O–H groups in total. The molecule has 0 bridgehead atoms. The number of nitrogens with one attached hydrogen (secondary N) is 1. The van der Waals surface area contributed by atoms with Gasteiger partial charge in [0.05, 0.1) is 5.56 Å². The zero-order valence-corrected chi connectivity index (χ0v) is 13.9. The molecule has 0 aliphatic heterocycles. The molecular weight excluding hydrogens is 333 g/mol. The van der Waals surface area contributed by atoms with Crippen molar-refractivity contribution in [1.82, 2.24) is 5.32 Å². The van der Waals surface area contributed by atoms with Crippen LogP contribution in [0.2, 0.25) is 10.0 Å². The van der Waals surface area contributed by atoms with E-state index in [1.807, 2.05) is 24.3 Å². The van der Waals surface area contributed by atoms with Gasteiger partial charge in [0.2, 0.25) is 0 Å². The topological polar surface area (TPSA) is 49.3 Å².